The lowest BCUT2D eigenvalue weighted by Gasteiger charge is -2.10. The molecule has 0 aliphatic rings. The molecule has 1 aromatic heterocycles. The number of carbonyl (C=O) groups is 2. The largest absolute Gasteiger partial charge is 0.497 e. The highest BCUT2D eigenvalue weighted by Gasteiger charge is 2.29. The summed E-state index contributed by atoms with van der Waals surface area (Å²) in [7, 11) is 3.48. The van der Waals surface area contributed by atoms with Crippen LogP contribution in [-0.2, 0) is 29.4 Å². The van der Waals surface area contributed by atoms with Crippen molar-refractivity contribution in [1.82, 2.24) is 9.55 Å². The van der Waals surface area contributed by atoms with Gasteiger partial charge in [0.15, 0.2) is 0 Å². The van der Waals surface area contributed by atoms with Crippen LogP contribution in [-0.4, -0.2) is 38.8 Å². The third-order valence-electron chi connectivity index (χ3n) is 4.27. The van der Waals surface area contributed by atoms with Crippen molar-refractivity contribution in [1.29, 1.82) is 0 Å². The van der Waals surface area contributed by atoms with Crippen LogP contribution < -0.4 is 10.1 Å². The summed E-state index contributed by atoms with van der Waals surface area (Å²) >= 11 is 0. The van der Waals surface area contributed by atoms with Gasteiger partial charge in [-0.05, 0) is 29.8 Å². The van der Waals surface area contributed by atoms with E-state index >= 15 is 0 Å². The Morgan fingerprint density at radius 1 is 1.09 bits per heavy atom. The molecular formula is C21H20F3N3O5. The molecule has 2 aromatic carbocycles. The number of rotatable bonds is 5. The summed E-state index contributed by atoms with van der Waals surface area (Å²) in [5, 5.41) is 17.9. The summed E-state index contributed by atoms with van der Waals surface area (Å²) in [5.74, 6) is -2.27. The summed E-state index contributed by atoms with van der Waals surface area (Å²) < 4.78 is 44.9. The number of carboxylic acids is 2. The average molecular weight is 451 g/mol. The van der Waals surface area contributed by atoms with Gasteiger partial charge in [-0.3, -0.25) is 0 Å². The quantitative estimate of drug-likeness (QED) is 0.505. The van der Waals surface area contributed by atoms with Gasteiger partial charge in [-0.2, -0.15) is 13.2 Å². The predicted octanol–water partition coefficient (Wildman–Crippen LogP) is 3.88. The monoisotopic (exact) mass is 451 g/mol. The van der Waals surface area contributed by atoms with E-state index in [1.807, 2.05) is 35.9 Å². The molecule has 0 aliphatic heterocycles. The number of hydrogen-bond donors (Lipinski definition) is 3. The first kappa shape index (κ1) is 24.3. The van der Waals surface area contributed by atoms with Gasteiger partial charge in [0.05, 0.1) is 24.6 Å². The van der Waals surface area contributed by atoms with Crippen LogP contribution in [0.1, 0.15) is 11.1 Å². The SMILES string of the molecule is COc1cccc(-c2cnc(NCc3ccc(C(F)(F)F)cc3)n2C)c1.O=C(O)C(=O)O. The van der Waals surface area contributed by atoms with Gasteiger partial charge < -0.3 is 24.8 Å². The Balaban J connectivity index is 0.000000534. The summed E-state index contributed by atoms with van der Waals surface area (Å²) in [6.07, 6.45) is -2.58. The number of nitrogens with one attached hydrogen (secondary N) is 1. The number of aliphatic carboxylic acids is 2. The van der Waals surface area contributed by atoms with Gasteiger partial charge in [-0.15, -0.1) is 0 Å². The summed E-state index contributed by atoms with van der Waals surface area (Å²) in [5.41, 5.74) is 1.95. The lowest BCUT2D eigenvalue weighted by atomic mass is 10.1. The standard InChI is InChI=1S/C19H18F3N3O.C2H2O4/c1-25-17(14-4-3-5-16(10-14)26-2)12-24-18(25)23-11-13-6-8-15(9-7-13)19(20,21)22;3-1(4)2(5)6/h3-10,12H,11H2,1-2H3,(H,23,24);(H,3,4)(H,5,6). The molecule has 11 heteroatoms. The number of nitrogens with zero attached hydrogens (tertiary/aromatic N) is 2. The number of ether oxygens (including phenoxy) is 1. The van der Waals surface area contributed by atoms with E-state index < -0.39 is 23.7 Å². The Morgan fingerprint density at radius 2 is 1.72 bits per heavy atom. The van der Waals surface area contributed by atoms with Gasteiger partial charge in [0.1, 0.15) is 5.75 Å². The maximum atomic E-state index is 12.6. The Kier molecular flexibility index (Phi) is 7.83. The number of methoxy groups -OCH3 is 1. The summed E-state index contributed by atoms with van der Waals surface area (Å²) in [6, 6.07) is 12.7. The number of halogens is 3. The van der Waals surface area contributed by atoms with E-state index in [9.17, 15) is 13.2 Å². The van der Waals surface area contributed by atoms with Gasteiger partial charge in [-0.25, -0.2) is 14.6 Å². The number of benzene rings is 2. The molecule has 0 saturated heterocycles. The minimum absolute atomic E-state index is 0.376. The average Bonchev–Trinajstić information content (AvgIpc) is 3.12. The molecule has 3 aromatic rings. The van der Waals surface area contributed by atoms with Crippen LogP contribution in [0.15, 0.2) is 54.7 Å². The van der Waals surface area contributed by atoms with E-state index in [-0.39, 0.29) is 0 Å². The maximum Gasteiger partial charge on any atom is 0.416 e. The number of alkyl halides is 3. The van der Waals surface area contributed by atoms with Crippen LogP contribution in [0.2, 0.25) is 0 Å². The highest BCUT2D eigenvalue weighted by atomic mass is 19.4. The zero-order valence-electron chi connectivity index (χ0n) is 17.1. The minimum atomic E-state index is -4.32. The molecule has 0 radical (unpaired) electrons. The number of imidazole rings is 1. The summed E-state index contributed by atoms with van der Waals surface area (Å²) in [6.45, 7) is 0.376. The third kappa shape index (κ3) is 6.49. The van der Waals surface area contributed by atoms with Crippen molar-refractivity contribution < 1.29 is 37.7 Å². The molecule has 3 N–H and O–H groups in total. The fraction of sp³-hybridized carbons (Fsp3) is 0.190. The first-order valence-corrected chi connectivity index (χ1v) is 9.05. The van der Waals surface area contributed by atoms with Crippen LogP contribution in [0.4, 0.5) is 19.1 Å². The van der Waals surface area contributed by atoms with Crippen LogP contribution in [0.25, 0.3) is 11.3 Å². The lowest BCUT2D eigenvalue weighted by molar-refractivity contribution is -0.159. The van der Waals surface area contributed by atoms with E-state index in [2.05, 4.69) is 10.3 Å². The molecular weight excluding hydrogens is 431 g/mol. The van der Waals surface area contributed by atoms with Crippen LogP contribution in [0.3, 0.4) is 0 Å². The Labute approximate surface area is 180 Å². The molecule has 0 spiro atoms. The summed E-state index contributed by atoms with van der Waals surface area (Å²) in [4.78, 5) is 22.5. The van der Waals surface area contributed by atoms with Crippen molar-refractivity contribution >= 4 is 17.9 Å². The van der Waals surface area contributed by atoms with E-state index in [0.717, 1.165) is 34.7 Å². The molecule has 0 atom stereocenters. The number of aromatic nitrogens is 2. The fourth-order valence-corrected chi connectivity index (χ4v) is 2.62. The Morgan fingerprint density at radius 3 is 2.25 bits per heavy atom. The normalized spacial score (nSPS) is 10.7. The van der Waals surface area contributed by atoms with Crippen LogP contribution >= 0.6 is 0 Å². The molecule has 0 unspecified atom stereocenters. The first-order valence-electron chi connectivity index (χ1n) is 9.05. The van der Waals surface area contributed by atoms with E-state index in [1.54, 1.807) is 13.3 Å². The molecule has 1 heterocycles. The highest BCUT2D eigenvalue weighted by molar-refractivity contribution is 6.27. The van der Waals surface area contributed by atoms with Gasteiger partial charge in [0.2, 0.25) is 5.95 Å². The van der Waals surface area contributed by atoms with Crippen molar-refractivity contribution in [3.63, 3.8) is 0 Å². The molecule has 32 heavy (non-hydrogen) atoms. The van der Waals surface area contributed by atoms with Crippen molar-refractivity contribution in [2.75, 3.05) is 12.4 Å². The second-order valence-electron chi connectivity index (χ2n) is 6.42. The maximum absolute atomic E-state index is 12.6. The topological polar surface area (TPSA) is 114 Å². The van der Waals surface area contributed by atoms with Crippen molar-refractivity contribution in [3.05, 3.63) is 65.9 Å². The second-order valence-corrected chi connectivity index (χ2v) is 6.42. The van der Waals surface area contributed by atoms with Crippen LogP contribution in [0, 0.1) is 0 Å². The van der Waals surface area contributed by atoms with Gasteiger partial charge >= 0.3 is 18.1 Å². The molecule has 0 aliphatic carbocycles. The number of carboxylic acid groups (broad SMARTS) is 2. The zero-order chi connectivity index (χ0) is 23.9. The van der Waals surface area contributed by atoms with Crippen molar-refractivity contribution in [2.45, 2.75) is 12.7 Å². The Bertz CT molecular complexity index is 1070. The second kappa shape index (κ2) is 10.3. The Hall–Kier alpha value is -4.02. The third-order valence-corrected chi connectivity index (χ3v) is 4.27. The van der Waals surface area contributed by atoms with Gasteiger partial charge in [-0.1, -0.05) is 24.3 Å². The molecule has 0 fully saturated rings. The zero-order valence-corrected chi connectivity index (χ0v) is 17.1. The van der Waals surface area contributed by atoms with Crippen molar-refractivity contribution in [2.24, 2.45) is 7.05 Å². The molecule has 170 valence electrons. The smallest absolute Gasteiger partial charge is 0.416 e. The molecule has 0 bridgehead atoms. The highest BCUT2D eigenvalue weighted by Crippen LogP contribution is 2.29. The predicted molar refractivity (Wildman–Crippen MR) is 109 cm³/mol. The van der Waals surface area contributed by atoms with Gasteiger partial charge in [0.25, 0.3) is 0 Å². The van der Waals surface area contributed by atoms with E-state index in [4.69, 9.17) is 24.5 Å². The number of hydrogen-bond acceptors (Lipinski definition) is 5. The molecule has 0 amide bonds. The molecule has 3 rings (SSSR count). The fourth-order valence-electron chi connectivity index (χ4n) is 2.62. The molecule has 8 nitrogen and oxygen atoms in total. The first-order chi connectivity index (χ1) is 15.0. The van der Waals surface area contributed by atoms with Gasteiger partial charge in [0, 0.05) is 19.2 Å². The molecule has 0 saturated carbocycles. The lowest BCUT2D eigenvalue weighted by Crippen LogP contribution is -2.09. The van der Waals surface area contributed by atoms with E-state index in [1.165, 1.54) is 12.1 Å². The van der Waals surface area contributed by atoms with Crippen LogP contribution in [0.5, 0.6) is 5.75 Å². The minimum Gasteiger partial charge on any atom is -0.497 e. The van der Waals surface area contributed by atoms with E-state index in [0.29, 0.717) is 12.5 Å². The van der Waals surface area contributed by atoms with Crippen molar-refractivity contribution in [3.8, 4) is 17.0 Å². The number of anilines is 1.